The van der Waals surface area contributed by atoms with E-state index in [-0.39, 0.29) is 5.91 Å². The van der Waals surface area contributed by atoms with Crippen molar-refractivity contribution in [1.82, 2.24) is 9.88 Å². The molecule has 1 fully saturated rings. The molecule has 0 bridgehead atoms. The molecule has 0 saturated carbocycles. The Morgan fingerprint density at radius 1 is 1.29 bits per heavy atom. The van der Waals surface area contributed by atoms with Crippen LogP contribution in [0.25, 0.3) is 0 Å². The van der Waals surface area contributed by atoms with E-state index in [2.05, 4.69) is 16.0 Å². The highest BCUT2D eigenvalue weighted by atomic mass is 32.1. The first-order chi connectivity index (χ1) is 11.7. The number of nitrogens with two attached hydrogens (primary N) is 1. The highest BCUT2D eigenvalue weighted by Crippen LogP contribution is 2.28. The van der Waals surface area contributed by atoms with Crippen LogP contribution in [-0.2, 0) is 17.8 Å². The third-order valence-electron chi connectivity index (χ3n) is 4.16. The Balaban J connectivity index is 1.57. The molecule has 0 unspecified atom stereocenters. The average molecular weight is 346 g/mol. The molecule has 0 radical (unpaired) electrons. The lowest BCUT2D eigenvalue weighted by Crippen LogP contribution is -2.49. The van der Waals surface area contributed by atoms with Gasteiger partial charge in [0.25, 0.3) is 0 Å². The van der Waals surface area contributed by atoms with Gasteiger partial charge in [0.15, 0.2) is 0 Å². The molecule has 7 heteroatoms. The number of amides is 1. The number of para-hydroxylation sites is 2. The first kappa shape index (κ1) is 16.7. The van der Waals surface area contributed by atoms with Crippen molar-refractivity contribution in [2.45, 2.75) is 13.0 Å². The average Bonchev–Trinajstić information content (AvgIpc) is 3.09. The van der Waals surface area contributed by atoms with Crippen LogP contribution < -0.4 is 15.4 Å². The molecule has 24 heavy (non-hydrogen) atoms. The molecule has 6 nitrogen and oxygen atoms in total. The lowest BCUT2D eigenvalue weighted by Gasteiger charge is -2.36. The van der Waals surface area contributed by atoms with Crippen LogP contribution in [0.5, 0.6) is 5.75 Å². The van der Waals surface area contributed by atoms with Gasteiger partial charge in [0.05, 0.1) is 24.9 Å². The zero-order chi connectivity index (χ0) is 16.9. The van der Waals surface area contributed by atoms with Gasteiger partial charge < -0.3 is 20.3 Å². The van der Waals surface area contributed by atoms with Gasteiger partial charge >= 0.3 is 0 Å². The van der Waals surface area contributed by atoms with Crippen LogP contribution in [0.1, 0.15) is 10.7 Å². The quantitative estimate of drug-likeness (QED) is 0.888. The minimum absolute atomic E-state index is 0.128. The Kier molecular flexibility index (Phi) is 5.32. The third kappa shape index (κ3) is 3.68. The highest BCUT2D eigenvalue weighted by Gasteiger charge is 2.23. The van der Waals surface area contributed by atoms with Gasteiger partial charge in [-0.3, -0.25) is 4.79 Å². The molecule has 0 aliphatic carbocycles. The first-order valence-corrected chi connectivity index (χ1v) is 8.88. The van der Waals surface area contributed by atoms with E-state index >= 15 is 0 Å². The Hall–Kier alpha value is -2.12. The maximum atomic E-state index is 12.4. The zero-order valence-electron chi connectivity index (χ0n) is 13.8. The predicted molar refractivity (Wildman–Crippen MR) is 95.5 cm³/mol. The van der Waals surface area contributed by atoms with Crippen molar-refractivity contribution in [2.75, 3.05) is 38.2 Å². The largest absolute Gasteiger partial charge is 0.495 e. The number of anilines is 1. The summed E-state index contributed by atoms with van der Waals surface area (Å²) in [5.41, 5.74) is 7.47. The van der Waals surface area contributed by atoms with Gasteiger partial charge in [-0.25, -0.2) is 4.98 Å². The maximum Gasteiger partial charge on any atom is 0.228 e. The van der Waals surface area contributed by atoms with E-state index in [1.807, 2.05) is 28.5 Å². The molecule has 1 aliphatic heterocycles. The summed E-state index contributed by atoms with van der Waals surface area (Å²) >= 11 is 1.51. The number of ether oxygens (including phenoxy) is 1. The van der Waals surface area contributed by atoms with E-state index < -0.39 is 0 Å². The molecule has 0 atom stereocenters. The van der Waals surface area contributed by atoms with Crippen LogP contribution in [0.2, 0.25) is 0 Å². The monoisotopic (exact) mass is 346 g/mol. The van der Waals surface area contributed by atoms with E-state index in [1.165, 1.54) is 11.3 Å². The fraction of sp³-hybridized carbons (Fsp3) is 0.412. The van der Waals surface area contributed by atoms with Gasteiger partial charge in [-0.1, -0.05) is 12.1 Å². The van der Waals surface area contributed by atoms with Crippen LogP contribution >= 0.6 is 11.3 Å². The molecule has 1 aliphatic rings. The first-order valence-electron chi connectivity index (χ1n) is 8.00. The Morgan fingerprint density at radius 3 is 2.71 bits per heavy atom. The van der Waals surface area contributed by atoms with Crippen LogP contribution in [0.3, 0.4) is 0 Å². The SMILES string of the molecule is COc1ccccc1N1CCN(C(=O)Cc2csc(CN)n2)CC1. The Labute approximate surface area is 145 Å². The predicted octanol–water partition coefficient (Wildman–Crippen LogP) is 1.50. The van der Waals surface area contributed by atoms with E-state index in [1.54, 1.807) is 7.11 Å². The normalized spacial score (nSPS) is 14.8. The fourth-order valence-corrected chi connectivity index (χ4v) is 3.55. The fourth-order valence-electron chi connectivity index (χ4n) is 2.88. The molecule has 2 heterocycles. The molecule has 1 saturated heterocycles. The van der Waals surface area contributed by atoms with Gasteiger partial charge in [-0.05, 0) is 12.1 Å². The molecule has 2 N–H and O–H groups in total. The van der Waals surface area contributed by atoms with Gasteiger partial charge in [-0.2, -0.15) is 0 Å². The van der Waals surface area contributed by atoms with Crippen LogP contribution in [0, 0.1) is 0 Å². The van der Waals surface area contributed by atoms with Crippen LogP contribution in [0.15, 0.2) is 29.6 Å². The minimum Gasteiger partial charge on any atom is -0.495 e. The van der Waals surface area contributed by atoms with E-state index in [0.717, 1.165) is 35.2 Å². The number of piperazine rings is 1. The summed E-state index contributed by atoms with van der Waals surface area (Å²) in [4.78, 5) is 21.0. The molecule has 1 aromatic heterocycles. The molecule has 128 valence electrons. The third-order valence-corrected chi connectivity index (χ3v) is 5.08. The smallest absolute Gasteiger partial charge is 0.228 e. The van der Waals surface area contributed by atoms with E-state index in [9.17, 15) is 4.79 Å². The van der Waals surface area contributed by atoms with Crippen molar-refractivity contribution in [1.29, 1.82) is 0 Å². The van der Waals surface area contributed by atoms with Gasteiger partial charge in [0.2, 0.25) is 5.91 Å². The van der Waals surface area contributed by atoms with Gasteiger partial charge in [-0.15, -0.1) is 11.3 Å². The van der Waals surface area contributed by atoms with Crippen LogP contribution in [-0.4, -0.2) is 49.1 Å². The lowest BCUT2D eigenvalue weighted by atomic mass is 10.2. The number of thiazole rings is 1. The maximum absolute atomic E-state index is 12.4. The second kappa shape index (κ2) is 7.63. The lowest BCUT2D eigenvalue weighted by molar-refractivity contribution is -0.130. The summed E-state index contributed by atoms with van der Waals surface area (Å²) in [6.07, 6.45) is 0.352. The number of carbonyl (C=O) groups is 1. The topological polar surface area (TPSA) is 71.7 Å². The molecule has 1 aromatic carbocycles. The molecule has 1 amide bonds. The van der Waals surface area contributed by atoms with Crippen molar-refractivity contribution in [3.05, 3.63) is 40.3 Å². The van der Waals surface area contributed by atoms with E-state index in [4.69, 9.17) is 10.5 Å². The van der Waals surface area contributed by atoms with Gasteiger partial charge in [0, 0.05) is 38.1 Å². The molecule has 0 spiro atoms. The summed E-state index contributed by atoms with van der Waals surface area (Å²) < 4.78 is 5.43. The summed E-state index contributed by atoms with van der Waals surface area (Å²) in [7, 11) is 1.68. The van der Waals surface area contributed by atoms with E-state index in [0.29, 0.717) is 26.1 Å². The molecular formula is C17H22N4O2S. The Bertz CT molecular complexity index is 695. The summed E-state index contributed by atoms with van der Waals surface area (Å²) in [5.74, 6) is 0.998. The second-order valence-corrected chi connectivity index (χ2v) is 6.60. The van der Waals surface area contributed by atoms with Crippen molar-refractivity contribution in [3.63, 3.8) is 0 Å². The number of benzene rings is 1. The molecule has 3 rings (SSSR count). The van der Waals surface area contributed by atoms with Crippen molar-refractivity contribution >= 4 is 22.9 Å². The van der Waals surface area contributed by atoms with Crippen molar-refractivity contribution in [3.8, 4) is 5.75 Å². The number of nitrogens with zero attached hydrogens (tertiary/aromatic N) is 3. The molecular weight excluding hydrogens is 324 g/mol. The molecule has 2 aromatic rings. The number of rotatable bonds is 5. The number of hydrogen-bond donors (Lipinski definition) is 1. The minimum atomic E-state index is 0.128. The number of hydrogen-bond acceptors (Lipinski definition) is 6. The van der Waals surface area contributed by atoms with Gasteiger partial charge in [0.1, 0.15) is 10.8 Å². The zero-order valence-corrected chi connectivity index (χ0v) is 14.6. The van der Waals surface area contributed by atoms with Crippen molar-refractivity contribution in [2.24, 2.45) is 5.73 Å². The standard InChI is InChI=1S/C17H22N4O2S/c1-23-15-5-3-2-4-14(15)20-6-8-21(9-7-20)17(22)10-13-12-24-16(11-18)19-13/h2-5,12H,6-11,18H2,1H3. The van der Waals surface area contributed by atoms with Crippen LogP contribution in [0.4, 0.5) is 5.69 Å². The van der Waals surface area contributed by atoms with Crippen molar-refractivity contribution < 1.29 is 9.53 Å². The number of aromatic nitrogens is 1. The number of methoxy groups -OCH3 is 1. The summed E-state index contributed by atoms with van der Waals surface area (Å²) in [5, 5.41) is 2.80. The summed E-state index contributed by atoms with van der Waals surface area (Å²) in [6, 6.07) is 7.99. The second-order valence-electron chi connectivity index (χ2n) is 5.65. The summed E-state index contributed by atoms with van der Waals surface area (Å²) in [6.45, 7) is 3.46. The number of carbonyl (C=O) groups excluding carboxylic acids is 1. The highest BCUT2D eigenvalue weighted by molar-refractivity contribution is 7.09. The Morgan fingerprint density at radius 2 is 2.04 bits per heavy atom.